The number of benzene rings is 1. The molecule has 1 aromatic rings. The summed E-state index contributed by atoms with van der Waals surface area (Å²) in [5.41, 5.74) is 6.09. The molecule has 0 aliphatic carbocycles. The number of ether oxygens (including phenoxy) is 1. The maximum absolute atomic E-state index is 12.5. The van der Waals surface area contributed by atoms with Crippen molar-refractivity contribution in [2.45, 2.75) is 24.3 Å². The second kappa shape index (κ2) is 7.19. The van der Waals surface area contributed by atoms with Crippen LogP contribution in [-0.2, 0) is 10.0 Å². The Morgan fingerprint density at radius 2 is 2.10 bits per heavy atom. The van der Waals surface area contributed by atoms with Gasteiger partial charge in [-0.05, 0) is 43.6 Å². The lowest BCUT2D eigenvalue weighted by atomic mass is 10.3. The monoisotopic (exact) mass is 318 g/mol. The molecule has 0 amide bonds. The quantitative estimate of drug-likeness (QED) is 0.779. The Kier molecular flexibility index (Phi) is 6.16. The third kappa shape index (κ3) is 3.80. The minimum Gasteiger partial charge on any atom is -0.495 e. The summed E-state index contributed by atoms with van der Waals surface area (Å²) in [6.45, 7) is 1.90. The third-order valence-corrected chi connectivity index (χ3v) is 5.85. The van der Waals surface area contributed by atoms with Crippen LogP contribution in [0.4, 0.5) is 5.69 Å². The van der Waals surface area contributed by atoms with Crippen LogP contribution in [0.1, 0.15) is 13.3 Å². The van der Waals surface area contributed by atoms with Gasteiger partial charge in [-0.1, -0.05) is 0 Å². The van der Waals surface area contributed by atoms with Crippen molar-refractivity contribution in [1.82, 2.24) is 4.31 Å². The van der Waals surface area contributed by atoms with Crippen molar-refractivity contribution in [2.24, 2.45) is 0 Å². The zero-order valence-electron chi connectivity index (χ0n) is 12.3. The molecule has 7 heteroatoms. The van der Waals surface area contributed by atoms with Crippen LogP contribution < -0.4 is 10.5 Å². The van der Waals surface area contributed by atoms with Gasteiger partial charge >= 0.3 is 0 Å². The molecule has 0 aliphatic rings. The molecule has 0 saturated carbocycles. The summed E-state index contributed by atoms with van der Waals surface area (Å²) in [4.78, 5) is 0.189. The van der Waals surface area contributed by atoms with Crippen molar-refractivity contribution in [3.63, 3.8) is 0 Å². The number of thioether (sulfide) groups is 1. The minimum atomic E-state index is -3.53. The van der Waals surface area contributed by atoms with Crippen LogP contribution in [0.15, 0.2) is 23.1 Å². The summed E-state index contributed by atoms with van der Waals surface area (Å²) >= 11 is 1.70. The van der Waals surface area contributed by atoms with E-state index < -0.39 is 10.0 Å². The smallest absolute Gasteiger partial charge is 0.243 e. The second-order valence-electron chi connectivity index (χ2n) is 4.56. The first-order chi connectivity index (χ1) is 9.34. The molecule has 0 radical (unpaired) electrons. The average Bonchev–Trinajstić information content (AvgIpc) is 2.43. The van der Waals surface area contributed by atoms with Gasteiger partial charge in [0, 0.05) is 13.1 Å². The molecule has 0 aliphatic heterocycles. The predicted molar refractivity (Wildman–Crippen MR) is 84.8 cm³/mol. The largest absolute Gasteiger partial charge is 0.495 e. The van der Waals surface area contributed by atoms with E-state index in [9.17, 15) is 8.42 Å². The highest BCUT2D eigenvalue weighted by atomic mass is 32.2. The van der Waals surface area contributed by atoms with Gasteiger partial charge in [0.15, 0.2) is 0 Å². The van der Waals surface area contributed by atoms with E-state index in [1.165, 1.54) is 23.5 Å². The van der Waals surface area contributed by atoms with E-state index in [0.717, 1.165) is 12.2 Å². The molecule has 1 atom stereocenters. The fraction of sp³-hybridized carbons (Fsp3) is 0.538. The SMILES string of the molecule is COc1ccc(S(=O)(=O)N(C)C(C)CCSC)cc1N. The zero-order valence-corrected chi connectivity index (χ0v) is 13.9. The molecule has 0 spiro atoms. The fourth-order valence-corrected chi connectivity index (χ4v) is 3.75. The van der Waals surface area contributed by atoms with E-state index in [1.54, 1.807) is 24.9 Å². The first-order valence-corrected chi connectivity index (χ1v) is 9.08. The lowest BCUT2D eigenvalue weighted by Crippen LogP contribution is -2.35. The molecule has 2 N–H and O–H groups in total. The second-order valence-corrected chi connectivity index (χ2v) is 7.54. The minimum absolute atomic E-state index is 0.0595. The van der Waals surface area contributed by atoms with E-state index in [1.807, 2.05) is 13.2 Å². The highest BCUT2D eigenvalue weighted by Crippen LogP contribution is 2.26. The number of nitrogen functional groups attached to an aromatic ring is 1. The van der Waals surface area contributed by atoms with Crippen LogP contribution in [-0.4, -0.2) is 44.9 Å². The highest BCUT2D eigenvalue weighted by Gasteiger charge is 2.25. The summed E-state index contributed by atoms with van der Waals surface area (Å²) in [6, 6.07) is 4.47. The first-order valence-electron chi connectivity index (χ1n) is 6.25. The number of nitrogens with zero attached hydrogens (tertiary/aromatic N) is 1. The topological polar surface area (TPSA) is 72.6 Å². The molecule has 1 rings (SSSR count). The maximum Gasteiger partial charge on any atom is 0.243 e. The van der Waals surface area contributed by atoms with Crippen LogP contribution >= 0.6 is 11.8 Å². The van der Waals surface area contributed by atoms with E-state index >= 15 is 0 Å². The number of sulfonamides is 1. The van der Waals surface area contributed by atoms with Crippen LogP contribution in [0.25, 0.3) is 0 Å². The molecular formula is C13H22N2O3S2. The Hall–Kier alpha value is -0.920. The maximum atomic E-state index is 12.5. The van der Waals surface area contributed by atoms with Gasteiger partial charge in [-0.15, -0.1) is 0 Å². The van der Waals surface area contributed by atoms with Gasteiger partial charge in [0.2, 0.25) is 10.0 Å². The summed E-state index contributed by atoms with van der Waals surface area (Å²) < 4.78 is 31.5. The molecule has 0 heterocycles. The number of nitrogens with two attached hydrogens (primary N) is 1. The summed E-state index contributed by atoms with van der Waals surface area (Å²) in [5.74, 6) is 1.40. The Morgan fingerprint density at radius 1 is 1.45 bits per heavy atom. The van der Waals surface area contributed by atoms with E-state index in [0.29, 0.717) is 11.4 Å². The van der Waals surface area contributed by atoms with Gasteiger partial charge in [0.25, 0.3) is 0 Å². The summed E-state index contributed by atoms with van der Waals surface area (Å²) in [5, 5.41) is 0. The van der Waals surface area contributed by atoms with Crippen molar-refractivity contribution in [3.8, 4) is 5.75 Å². The van der Waals surface area contributed by atoms with Gasteiger partial charge in [-0.3, -0.25) is 0 Å². The summed E-state index contributed by atoms with van der Waals surface area (Å²) in [7, 11) is -0.433. The van der Waals surface area contributed by atoms with Gasteiger partial charge in [0.1, 0.15) is 5.75 Å². The molecule has 1 aromatic carbocycles. The van der Waals surface area contributed by atoms with Crippen molar-refractivity contribution in [2.75, 3.05) is 31.9 Å². The molecular weight excluding hydrogens is 296 g/mol. The van der Waals surface area contributed by atoms with E-state index in [4.69, 9.17) is 10.5 Å². The molecule has 114 valence electrons. The molecule has 0 bridgehead atoms. The fourth-order valence-electron chi connectivity index (χ4n) is 1.75. The lowest BCUT2D eigenvalue weighted by molar-refractivity contribution is 0.382. The van der Waals surface area contributed by atoms with Crippen LogP contribution in [0.2, 0.25) is 0 Å². The number of methoxy groups -OCH3 is 1. The molecule has 5 nitrogen and oxygen atoms in total. The highest BCUT2D eigenvalue weighted by molar-refractivity contribution is 7.98. The predicted octanol–water partition coefficient (Wildman–Crippen LogP) is 2.04. The number of hydrogen-bond donors (Lipinski definition) is 1. The normalized spacial score (nSPS) is 13.4. The molecule has 0 saturated heterocycles. The zero-order chi connectivity index (χ0) is 15.3. The van der Waals surface area contributed by atoms with E-state index in [2.05, 4.69) is 0 Å². The van der Waals surface area contributed by atoms with Crippen molar-refractivity contribution >= 4 is 27.5 Å². The van der Waals surface area contributed by atoms with Crippen molar-refractivity contribution in [1.29, 1.82) is 0 Å². The molecule has 1 unspecified atom stereocenters. The lowest BCUT2D eigenvalue weighted by Gasteiger charge is -2.24. The molecule has 0 aromatic heterocycles. The standard InChI is InChI=1S/C13H22N2O3S2/c1-10(7-8-19-4)15(2)20(16,17)11-5-6-13(18-3)12(14)9-11/h5-6,9-10H,7-8,14H2,1-4H3. The number of rotatable bonds is 7. The van der Waals surface area contributed by atoms with Crippen LogP contribution in [0, 0.1) is 0 Å². The van der Waals surface area contributed by atoms with Crippen molar-refractivity contribution in [3.05, 3.63) is 18.2 Å². The third-order valence-electron chi connectivity index (χ3n) is 3.24. The Balaban J connectivity index is 3.01. The van der Waals surface area contributed by atoms with E-state index in [-0.39, 0.29) is 10.9 Å². The van der Waals surface area contributed by atoms with Gasteiger partial charge in [0.05, 0.1) is 17.7 Å². The average molecular weight is 318 g/mol. The number of hydrogen-bond acceptors (Lipinski definition) is 5. The van der Waals surface area contributed by atoms with Gasteiger partial charge in [-0.25, -0.2) is 8.42 Å². The number of anilines is 1. The Labute approximate surface area is 125 Å². The Morgan fingerprint density at radius 3 is 2.60 bits per heavy atom. The molecule has 20 heavy (non-hydrogen) atoms. The van der Waals surface area contributed by atoms with Crippen LogP contribution in [0.3, 0.4) is 0 Å². The Bertz CT molecular complexity index is 547. The van der Waals surface area contributed by atoms with Crippen LogP contribution in [0.5, 0.6) is 5.75 Å². The van der Waals surface area contributed by atoms with Gasteiger partial charge < -0.3 is 10.5 Å². The molecule has 0 fully saturated rings. The van der Waals surface area contributed by atoms with Gasteiger partial charge in [-0.2, -0.15) is 16.1 Å². The summed E-state index contributed by atoms with van der Waals surface area (Å²) in [6.07, 6.45) is 2.81. The first kappa shape index (κ1) is 17.1. The van der Waals surface area contributed by atoms with Crippen molar-refractivity contribution < 1.29 is 13.2 Å².